The Labute approximate surface area is 110 Å². The maximum absolute atomic E-state index is 12.9. The summed E-state index contributed by atoms with van der Waals surface area (Å²) in [5.74, 6) is -3.82. The van der Waals surface area contributed by atoms with Gasteiger partial charge >= 0.3 is 0 Å². The molecule has 0 unspecified atom stereocenters. The van der Waals surface area contributed by atoms with Crippen LogP contribution < -0.4 is 10.5 Å². The fourth-order valence-corrected chi connectivity index (χ4v) is 2.49. The Morgan fingerprint density at radius 1 is 1.37 bits per heavy atom. The van der Waals surface area contributed by atoms with Gasteiger partial charge in [-0.3, -0.25) is 0 Å². The first kappa shape index (κ1) is 15.5. The molecule has 0 heterocycles. The van der Waals surface area contributed by atoms with Gasteiger partial charge in [0.25, 0.3) is 5.92 Å². The van der Waals surface area contributed by atoms with Gasteiger partial charge in [0, 0.05) is 0 Å². The number of nitrogens with two attached hydrogens (primary N) is 1. The number of sulfonamides is 1. The Kier molecular flexibility index (Phi) is 4.94. The highest BCUT2D eigenvalue weighted by molar-refractivity contribution is 7.88. The second-order valence-electron chi connectivity index (χ2n) is 3.91. The van der Waals surface area contributed by atoms with Gasteiger partial charge in [-0.05, 0) is 11.6 Å². The van der Waals surface area contributed by atoms with Crippen molar-refractivity contribution in [2.75, 3.05) is 13.1 Å². The van der Waals surface area contributed by atoms with E-state index >= 15 is 0 Å². The highest BCUT2D eigenvalue weighted by Crippen LogP contribution is 2.13. The number of nitrogens with one attached hydrogen (secondary N) is 1. The molecule has 3 N–H and O–H groups in total. The van der Waals surface area contributed by atoms with E-state index < -0.39 is 34.8 Å². The molecule has 0 aliphatic carbocycles. The van der Waals surface area contributed by atoms with Crippen molar-refractivity contribution in [1.82, 2.24) is 4.72 Å². The minimum Gasteiger partial charge on any atom is -0.325 e. The van der Waals surface area contributed by atoms with Crippen LogP contribution in [0.5, 0.6) is 0 Å². The summed E-state index contributed by atoms with van der Waals surface area (Å²) in [7, 11) is -3.95. The molecule has 0 radical (unpaired) electrons. The van der Waals surface area contributed by atoms with Crippen LogP contribution in [-0.4, -0.2) is 27.4 Å². The summed E-state index contributed by atoms with van der Waals surface area (Å²) in [4.78, 5) is 0. The van der Waals surface area contributed by atoms with Gasteiger partial charge in [-0.2, -0.15) is 5.26 Å². The van der Waals surface area contributed by atoms with E-state index in [1.165, 1.54) is 12.1 Å². The zero-order valence-electron chi connectivity index (χ0n) is 9.94. The zero-order chi connectivity index (χ0) is 14.5. The van der Waals surface area contributed by atoms with Gasteiger partial charge in [0.1, 0.15) is 0 Å². The zero-order valence-corrected chi connectivity index (χ0v) is 10.8. The Balaban J connectivity index is 2.78. The van der Waals surface area contributed by atoms with Crippen LogP contribution in [0.3, 0.4) is 0 Å². The summed E-state index contributed by atoms with van der Waals surface area (Å²) in [5.41, 5.74) is 5.26. The van der Waals surface area contributed by atoms with Crippen LogP contribution in [0.15, 0.2) is 24.3 Å². The van der Waals surface area contributed by atoms with E-state index in [4.69, 9.17) is 11.0 Å². The van der Waals surface area contributed by atoms with Gasteiger partial charge in [0.05, 0.1) is 30.5 Å². The highest BCUT2D eigenvalue weighted by Gasteiger charge is 2.29. The quantitative estimate of drug-likeness (QED) is 0.800. The van der Waals surface area contributed by atoms with E-state index in [1.807, 2.05) is 6.07 Å². The first-order chi connectivity index (χ1) is 8.79. The average Bonchev–Trinajstić information content (AvgIpc) is 2.37. The molecule has 1 aromatic carbocycles. The molecule has 0 fully saturated rings. The molecule has 1 aromatic rings. The predicted octanol–water partition coefficient (Wildman–Crippen LogP) is 0.572. The lowest BCUT2D eigenvalue weighted by atomic mass is 10.1. The van der Waals surface area contributed by atoms with E-state index in [2.05, 4.69) is 0 Å². The SMILES string of the molecule is N#Cc1ccccc1CS(=O)(=O)NCC(F)(F)CN. The molecule has 0 saturated carbocycles. The Morgan fingerprint density at radius 3 is 2.58 bits per heavy atom. The second-order valence-corrected chi connectivity index (χ2v) is 5.72. The van der Waals surface area contributed by atoms with Gasteiger partial charge in [0.2, 0.25) is 10.0 Å². The molecule has 104 valence electrons. The number of nitriles is 1. The fourth-order valence-electron chi connectivity index (χ4n) is 1.30. The molecular formula is C11H13F2N3O2S. The summed E-state index contributed by atoms with van der Waals surface area (Å²) in [5, 5.41) is 8.81. The molecule has 8 heteroatoms. The largest absolute Gasteiger partial charge is 0.325 e. The van der Waals surface area contributed by atoms with Crippen molar-refractivity contribution < 1.29 is 17.2 Å². The van der Waals surface area contributed by atoms with E-state index in [0.717, 1.165) is 0 Å². The first-order valence-electron chi connectivity index (χ1n) is 5.33. The molecule has 0 aliphatic rings. The van der Waals surface area contributed by atoms with Crippen LogP contribution in [0, 0.1) is 11.3 Å². The van der Waals surface area contributed by atoms with Crippen molar-refractivity contribution in [2.45, 2.75) is 11.7 Å². The van der Waals surface area contributed by atoms with E-state index in [-0.39, 0.29) is 11.1 Å². The van der Waals surface area contributed by atoms with Gasteiger partial charge in [0.15, 0.2) is 0 Å². The smallest absolute Gasteiger partial charge is 0.273 e. The minimum atomic E-state index is -3.95. The second kappa shape index (κ2) is 6.06. The standard InChI is InChI=1S/C11H13F2N3O2S/c12-11(13,7-15)8-16-19(17,18)6-10-4-2-1-3-9(10)5-14/h1-4,16H,6-8,15H2. The van der Waals surface area contributed by atoms with Gasteiger partial charge < -0.3 is 5.73 Å². The minimum absolute atomic E-state index is 0.193. The summed E-state index contributed by atoms with van der Waals surface area (Å²) in [6.45, 7) is -2.00. The number of hydrogen-bond acceptors (Lipinski definition) is 4. The predicted molar refractivity (Wildman–Crippen MR) is 65.8 cm³/mol. The monoisotopic (exact) mass is 289 g/mol. The molecule has 19 heavy (non-hydrogen) atoms. The lowest BCUT2D eigenvalue weighted by molar-refractivity contribution is 0.0170. The number of hydrogen-bond donors (Lipinski definition) is 2. The van der Waals surface area contributed by atoms with Crippen LogP contribution in [-0.2, 0) is 15.8 Å². The highest BCUT2D eigenvalue weighted by atomic mass is 32.2. The molecule has 0 aliphatic heterocycles. The van der Waals surface area contributed by atoms with Crippen LogP contribution in [0.25, 0.3) is 0 Å². The van der Waals surface area contributed by atoms with Gasteiger partial charge in [-0.25, -0.2) is 21.9 Å². The normalized spacial score (nSPS) is 12.1. The average molecular weight is 289 g/mol. The molecular weight excluding hydrogens is 276 g/mol. The van der Waals surface area contributed by atoms with Crippen molar-refractivity contribution in [3.8, 4) is 6.07 Å². The molecule has 0 saturated heterocycles. The van der Waals surface area contributed by atoms with Crippen LogP contribution >= 0.6 is 0 Å². The number of alkyl halides is 2. The van der Waals surface area contributed by atoms with Crippen LogP contribution in [0.2, 0.25) is 0 Å². The lowest BCUT2D eigenvalue weighted by Crippen LogP contribution is -2.41. The molecule has 5 nitrogen and oxygen atoms in total. The van der Waals surface area contributed by atoms with Gasteiger partial charge in [-0.15, -0.1) is 0 Å². The molecule has 0 spiro atoms. The molecule has 0 atom stereocenters. The topological polar surface area (TPSA) is 96.0 Å². The lowest BCUT2D eigenvalue weighted by Gasteiger charge is -2.15. The van der Waals surface area contributed by atoms with Crippen molar-refractivity contribution in [3.05, 3.63) is 35.4 Å². The van der Waals surface area contributed by atoms with Gasteiger partial charge in [-0.1, -0.05) is 18.2 Å². The third-order valence-corrected chi connectivity index (χ3v) is 3.61. The van der Waals surface area contributed by atoms with Crippen LogP contribution in [0.1, 0.15) is 11.1 Å². The van der Waals surface area contributed by atoms with Crippen molar-refractivity contribution in [1.29, 1.82) is 5.26 Å². The maximum atomic E-state index is 12.9. The third-order valence-electron chi connectivity index (χ3n) is 2.33. The fraction of sp³-hybridized carbons (Fsp3) is 0.364. The van der Waals surface area contributed by atoms with E-state index in [0.29, 0.717) is 0 Å². The number of nitrogens with zero attached hydrogens (tertiary/aromatic N) is 1. The summed E-state index contributed by atoms with van der Waals surface area (Å²) >= 11 is 0. The molecule has 1 rings (SSSR count). The summed E-state index contributed by atoms with van der Waals surface area (Å²) < 4.78 is 50.8. The Morgan fingerprint density at radius 2 is 2.00 bits per heavy atom. The Hall–Kier alpha value is -1.56. The molecule has 0 amide bonds. The Bertz CT molecular complexity index is 582. The summed E-state index contributed by atoms with van der Waals surface area (Å²) in [6.07, 6.45) is 0. The first-order valence-corrected chi connectivity index (χ1v) is 6.98. The van der Waals surface area contributed by atoms with E-state index in [1.54, 1.807) is 16.9 Å². The van der Waals surface area contributed by atoms with Crippen molar-refractivity contribution in [2.24, 2.45) is 5.73 Å². The number of benzene rings is 1. The van der Waals surface area contributed by atoms with Crippen molar-refractivity contribution >= 4 is 10.0 Å². The molecule has 0 aromatic heterocycles. The third kappa shape index (κ3) is 4.90. The van der Waals surface area contributed by atoms with Crippen molar-refractivity contribution in [3.63, 3.8) is 0 Å². The molecule has 0 bridgehead atoms. The number of halogens is 2. The summed E-state index contributed by atoms with van der Waals surface area (Å²) in [6, 6.07) is 7.91. The van der Waals surface area contributed by atoms with Crippen LogP contribution in [0.4, 0.5) is 8.78 Å². The maximum Gasteiger partial charge on any atom is 0.273 e. The van der Waals surface area contributed by atoms with E-state index in [9.17, 15) is 17.2 Å². The number of rotatable bonds is 6.